The van der Waals surface area contributed by atoms with Crippen LogP contribution in [0.25, 0.3) is 21.8 Å². The molecule has 0 spiro atoms. The van der Waals surface area contributed by atoms with E-state index in [4.69, 9.17) is 0 Å². The molecule has 4 rings (SSSR count). The molecular formula is C18H19N5. The summed E-state index contributed by atoms with van der Waals surface area (Å²) in [5, 5.41) is 17.8. The fourth-order valence-corrected chi connectivity index (χ4v) is 2.96. The molecule has 4 aromatic rings. The standard InChI is InChI=1S/C18H19N5/c1-11(2)23-17-10-13(8-9-14(17)12(3)22-23)19-18-15-6-4-5-7-16(15)20-21-18/h4-11H,1-3H3,(H2,19,20,21). The average Bonchev–Trinajstić information content (AvgIpc) is 3.10. The Kier molecular flexibility index (Phi) is 3.08. The molecule has 116 valence electrons. The van der Waals surface area contributed by atoms with Gasteiger partial charge in [0.05, 0.1) is 16.7 Å². The SMILES string of the molecule is Cc1nn(C(C)C)c2cc(Nc3n[nH]c4ccccc34)ccc12. The number of rotatable bonds is 3. The zero-order valence-electron chi connectivity index (χ0n) is 13.5. The number of anilines is 2. The summed E-state index contributed by atoms with van der Waals surface area (Å²) in [6, 6.07) is 14.8. The largest absolute Gasteiger partial charge is 0.338 e. The van der Waals surface area contributed by atoms with E-state index in [1.165, 1.54) is 5.39 Å². The monoisotopic (exact) mass is 305 g/mol. The predicted molar refractivity (Wildman–Crippen MR) is 94.2 cm³/mol. The number of aromatic nitrogens is 4. The van der Waals surface area contributed by atoms with Crippen molar-refractivity contribution in [2.24, 2.45) is 0 Å². The van der Waals surface area contributed by atoms with Crippen molar-refractivity contribution in [3.63, 3.8) is 0 Å². The molecule has 2 aromatic carbocycles. The number of para-hydroxylation sites is 1. The third kappa shape index (κ3) is 2.25. The molecule has 0 aliphatic rings. The first-order chi connectivity index (χ1) is 11.1. The molecule has 0 radical (unpaired) electrons. The molecule has 2 N–H and O–H groups in total. The zero-order chi connectivity index (χ0) is 16.0. The summed E-state index contributed by atoms with van der Waals surface area (Å²) in [5.74, 6) is 0.840. The van der Waals surface area contributed by atoms with Crippen LogP contribution in [0.15, 0.2) is 42.5 Å². The first kappa shape index (κ1) is 13.8. The fourth-order valence-electron chi connectivity index (χ4n) is 2.96. The predicted octanol–water partition coefficient (Wildman–Crippen LogP) is 4.55. The van der Waals surface area contributed by atoms with Gasteiger partial charge in [-0.3, -0.25) is 9.78 Å². The topological polar surface area (TPSA) is 58.5 Å². The van der Waals surface area contributed by atoms with Crippen LogP contribution in [0.4, 0.5) is 11.5 Å². The maximum Gasteiger partial charge on any atom is 0.160 e. The number of aryl methyl sites for hydroxylation is 1. The molecule has 5 nitrogen and oxygen atoms in total. The molecule has 0 saturated heterocycles. The van der Waals surface area contributed by atoms with E-state index in [0.29, 0.717) is 6.04 Å². The molecular weight excluding hydrogens is 286 g/mol. The van der Waals surface area contributed by atoms with E-state index in [0.717, 1.165) is 33.6 Å². The Balaban J connectivity index is 1.79. The van der Waals surface area contributed by atoms with Gasteiger partial charge in [0.1, 0.15) is 0 Å². The summed E-state index contributed by atoms with van der Waals surface area (Å²) < 4.78 is 2.07. The van der Waals surface area contributed by atoms with Crippen LogP contribution >= 0.6 is 0 Å². The van der Waals surface area contributed by atoms with Gasteiger partial charge in [0.2, 0.25) is 0 Å². The molecule has 0 saturated carbocycles. The Morgan fingerprint density at radius 2 is 1.91 bits per heavy atom. The average molecular weight is 305 g/mol. The molecule has 0 bridgehead atoms. The molecule has 0 atom stereocenters. The van der Waals surface area contributed by atoms with Crippen molar-refractivity contribution < 1.29 is 0 Å². The highest BCUT2D eigenvalue weighted by molar-refractivity contribution is 5.92. The Bertz CT molecular complexity index is 993. The van der Waals surface area contributed by atoms with Gasteiger partial charge in [-0.2, -0.15) is 10.2 Å². The fraction of sp³-hybridized carbons (Fsp3) is 0.222. The minimum atomic E-state index is 0.327. The van der Waals surface area contributed by atoms with Crippen LogP contribution in [0.2, 0.25) is 0 Å². The van der Waals surface area contributed by atoms with Crippen LogP contribution < -0.4 is 5.32 Å². The van der Waals surface area contributed by atoms with Crippen molar-refractivity contribution in [1.29, 1.82) is 0 Å². The molecule has 2 heterocycles. The van der Waals surface area contributed by atoms with Gasteiger partial charge in [-0.05, 0) is 51.1 Å². The Labute approximate surface area is 134 Å². The van der Waals surface area contributed by atoms with E-state index in [-0.39, 0.29) is 0 Å². The summed E-state index contributed by atoms with van der Waals surface area (Å²) in [7, 11) is 0. The lowest BCUT2D eigenvalue weighted by Crippen LogP contribution is -2.02. The molecule has 0 amide bonds. The van der Waals surface area contributed by atoms with Crippen molar-refractivity contribution in [2.75, 3.05) is 5.32 Å². The van der Waals surface area contributed by atoms with Crippen molar-refractivity contribution in [3.05, 3.63) is 48.2 Å². The third-order valence-electron chi connectivity index (χ3n) is 4.11. The van der Waals surface area contributed by atoms with Gasteiger partial charge in [-0.25, -0.2) is 0 Å². The summed E-state index contributed by atoms with van der Waals surface area (Å²) in [6.45, 7) is 6.34. The highest BCUT2D eigenvalue weighted by Gasteiger charge is 2.11. The maximum atomic E-state index is 4.64. The Morgan fingerprint density at radius 3 is 2.74 bits per heavy atom. The van der Waals surface area contributed by atoms with Crippen LogP contribution in [-0.4, -0.2) is 20.0 Å². The van der Waals surface area contributed by atoms with Crippen molar-refractivity contribution in [3.8, 4) is 0 Å². The summed E-state index contributed by atoms with van der Waals surface area (Å²) >= 11 is 0. The van der Waals surface area contributed by atoms with Gasteiger partial charge in [0.25, 0.3) is 0 Å². The molecule has 0 fully saturated rings. The molecule has 0 aliphatic carbocycles. The van der Waals surface area contributed by atoms with Crippen molar-refractivity contribution in [1.82, 2.24) is 20.0 Å². The van der Waals surface area contributed by atoms with Gasteiger partial charge in [0.15, 0.2) is 5.82 Å². The second-order valence-corrected chi connectivity index (χ2v) is 6.10. The van der Waals surface area contributed by atoms with E-state index in [1.807, 2.05) is 18.2 Å². The van der Waals surface area contributed by atoms with E-state index in [1.54, 1.807) is 0 Å². The quantitative estimate of drug-likeness (QED) is 0.584. The number of aromatic amines is 1. The minimum Gasteiger partial charge on any atom is -0.338 e. The zero-order valence-corrected chi connectivity index (χ0v) is 13.5. The maximum absolute atomic E-state index is 4.64. The van der Waals surface area contributed by atoms with E-state index < -0.39 is 0 Å². The van der Waals surface area contributed by atoms with Gasteiger partial charge in [0, 0.05) is 22.5 Å². The smallest absolute Gasteiger partial charge is 0.160 e. The van der Waals surface area contributed by atoms with Crippen molar-refractivity contribution in [2.45, 2.75) is 26.8 Å². The van der Waals surface area contributed by atoms with Crippen LogP contribution in [0, 0.1) is 6.92 Å². The third-order valence-corrected chi connectivity index (χ3v) is 4.11. The second kappa shape index (κ2) is 5.12. The first-order valence-electron chi connectivity index (χ1n) is 7.82. The lowest BCUT2D eigenvalue weighted by Gasteiger charge is -2.09. The van der Waals surface area contributed by atoms with Gasteiger partial charge in [-0.15, -0.1) is 0 Å². The number of fused-ring (bicyclic) bond motifs is 2. The highest BCUT2D eigenvalue weighted by atomic mass is 15.3. The Morgan fingerprint density at radius 1 is 1.09 bits per heavy atom. The van der Waals surface area contributed by atoms with Crippen LogP contribution in [0.1, 0.15) is 25.6 Å². The van der Waals surface area contributed by atoms with Gasteiger partial charge < -0.3 is 5.32 Å². The highest BCUT2D eigenvalue weighted by Crippen LogP contribution is 2.28. The van der Waals surface area contributed by atoms with E-state index in [9.17, 15) is 0 Å². The van der Waals surface area contributed by atoms with Crippen LogP contribution in [-0.2, 0) is 0 Å². The summed E-state index contributed by atoms with van der Waals surface area (Å²) in [6.07, 6.45) is 0. The molecule has 0 unspecified atom stereocenters. The lowest BCUT2D eigenvalue weighted by molar-refractivity contribution is 0.547. The molecule has 23 heavy (non-hydrogen) atoms. The van der Waals surface area contributed by atoms with Gasteiger partial charge >= 0.3 is 0 Å². The van der Waals surface area contributed by atoms with Crippen LogP contribution in [0.5, 0.6) is 0 Å². The number of hydrogen-bond donors (Lipinski definition) is 2. The number of benzene rings is 2. The molecule has 0 aliphatic heterocycles. The Hall–Kier alpha value is -2.82. The number of hydrogen-bond acceptors (Lipinski definition) is 3. The van der Waals surface area contributed by atoms with Crippen LogP contribution in [0.3, 0.4) is 0 Å². The number of H-pyrrole nitrogens is 1. The molecule has 2 aromatic heterocycles. The number of nitrogens with one attached hydrogen (secondary N) is 2. The summed E-state index contributed by atoms with van der Waals surface area (Å²) in [4.78, 5) is 0. The molecule has 5 heteroatoms. The second-order valence-electron chi connectivity index (χ2n) is 6.10. The van der Waals surface area contributed by atoms with E-state index in [2.05, 4.69) is 70.3 Å². The lowest BCUT2D eigenvalue weighted by atomic mass is 10.2. The first-order valence-corrected chi connectivity index (χ1v) is 7.82. The minimum absolute atomic E-state index is 0.327. The van der Waals surface area contributed by atoms with E-state index >= 15 is 0 Å². The normalized spacial score (nSPS) is 11.7. The number of nitrogens with zero attached hydrogens (tertiary/aromatic N) is 3. The van der Waals surface area contributed by atoms with Crippen molar-refractivity contribution >= 4 is 33.3 Å². The van der Waals surface area contributed by atoms with Gasteiger partial charge in [-0.1, -0.05) is 12.1 Å². The summed E-state index contributed by atoms with van der Waals surface area (Å²) in [5.41, 5.74) is 4.24.